The van der Waals surface area contributed by atoms with Crippen molar-refractivity contribution in [2.75, 3.05) is 7.05 Å². The summed E-state index contributed by atoms with van der Waals surface area (Å²) in [5, 5.41) is 0. The molecule has 0 spiro atoms. The van der Waals surface area contributed by atoms with Crippen molar-refractivity contribution < 1.29 is 0 Å². The minimum absolute atomic E-state index is 0.337. The van der Waals surface area contributed by atoms with E-state index >= 15 is 0 Å². The summed E-state index contributed by atoms with van der Waals surface area (Å²) in [6, 6.07) is 12.6. The Morgan fingerprint density at radius 3 is 2.39 bits per heavy atom. The van der Waals surface area contributed by atoms with Gasteiger partial charge in [0.15, 0.2) is 0 Å². The van der Waals surface area contributed by atoms with E-state index in [0.717, 1.165) is 24.4 Å². The second kappa shape index (κ2) is 5.02. The van der Waals surface area contributed by atoms with Crippen LogP contribution in [0.4, 0.5) is 0 Å². The smallest absolute Gasteiger partial charge is 0.0109 e. The summed E-state index contributed by atoms with van der Waals surface area (Å²) in [7, 11) is 2.29. The summed E-state index contributed by atoms with van der Waals surface area (Å²) < 4.78 is 0. The second-order valence-electron chi connectivity index (χ2n) is 6.14. The lowest BCUT2D eigenvalue weighted by Crippen LogP contribution is -2.46. The monoisotopic (exact) mass is 244 g/mol. The standard InChI is InChI=1S/C16H24N2/c1-18-14-7-8-15(18)11-13(10-14)16(17)9-12-5-3-2-4-6-12/h2-6,13-16H,7-11,17H2,1H3. The van der Waals surface area contributed by atoms with Gasteiger partial charge in [0.1, 0.15) is 0 Å². The van der Waals surface area contributed by atoms with Crippen LogP contribution in [-0.4, -0.2) is 30.1 Å². The zero-order valence-electron chi connectivity index (χ0n) is 11.3. The van der Waals surface area contributed by atoms with Gasteiger partial charge in [-0.1, -0.05) is 30.3 Å². The third-order valence-electron chi connectivity index (χ3n) is 5.05. The van der Waals surface area contributed by atoms with Crippen LogP contribution >= 0.6 is 0 Å². The fraction of sp³-hybridized carbons (Fsp3) is 0.625. The van der Waals surface area contributed by atoms with Gasteiger partial charge in [-0.15, -0.1) is 0 Å². The average Bonchev–Trinajstić information content (AvgIpc) is 2.63. The molecule has 3 unspecified atom stereocenters. The third-order valence-corrected chi connectivity index (χ3v) is 5.05. The van der Waals surface area contributed by atoms with Crippen LogP contribution in [0.2, 0.25) is 0 Å². The molecule has 3 rings (SSSR count). The first-order chi connectivity index (χ1) is 8.74. The molecular formula is C16H24N2. The maximum absolute atomic E-state index is 6.46. The highest BCUT2D eigenvalue weighted by Crippen LogP contribution is 2.38. The van der Waals surface area contributed by atoms with Crippen molar-refractivity contribution >= 4 is 0 Å². The third kappa shape index (κ3) is 2.32. The van der Waals surface area contributed by atoms with Gasteiger partial charge in [-0.25, -0.2) is 0 Å². The molecule has 2 saturated heterocycles. The minimum atomic E-state index is 0.337. The van der Waals surface area contributed by atoms with E-state index in [9.17, 15) is 0 Å². The van der Waals surface area contributed by atoms with Crippen LogP contribution in [0.5, 0.6) is 0 Å². The molecule has 2 N–H and O–H groups in total. The van der Waals surface area contributed by atoms with Crippen molar-refractivity contribution in [1.29, 1.82) is 0 Å². The van der Waals surface area contributed by atoms with Crippen molar-refractivity contribution in [2.45, 2.75) is 50.2 Å². The molecule has 2 bridgehead atoms. The second-order valence-corrected chi connectivity index (χ2v) is 6.14. The van der Waals surface area contributed by atoms with Crippen LogP contribution in [0.3, 0.4) is 0 Å². The van der Waals surface area contributed by atoms with Crippen LogP contribution in [0.1, 0.15) is 31.2 Å². The van der Waals surface area contributed by atoms with Gasteiger partial charge in [0.2, 0.25) is 0 Å². The first-order valence-electron chi connectivity index (χ1n) is 7.25. The molecule has 2 aliphatic rings. The van der Waals surface area contributed by atoms with E-state index in [1.54, 1.807) is 0 Å². The number of hydrogen-bond acceptors (Lipinski definition) is 2. The van der Waals surface area contributed by atoms with Gasteiger partial charge in [0.25, 0.3) is 0 Å². The Bertz CT molecular complexity index is 375. The largest absolute Gasteiger partial charge is 0.327 e. The highest BCUT2D eigenvalue weighted by molar-refractivity contribution is 5.16. The fourth-order valence-electron chi connectivity index (χ4n) is 3.86. The highest BCUT2D eigenvalue weighted by Gasteiger charge is 2.39. The van der Waals surface area contributed by atoms with Crippen LogP contribution in [0.15, 0.2) is 30.3 Å². The van der Waals surface area contributed by atoms with Gasteiger partial charge >= 0.3 is 0 Å². The lowest BCUT2D eigenvalue weighted by Gasteiger charge is -2.38. The predicted molar refractivity (Wildman–Crippen MR) is 75.4 cm³/mol. The van der Waals surface area contributed by atoms with Gasteiger partial charge in [-0.3, -0.25) is 0 Å². The number of nitrogens with two attached hydrogens (primary N) is 1. The molecule has 2 heterocycles. The van der Waals surface area contributed by atoms with Crippen LogP contribution < -0.4 is 5.73 Å². The van der Waals surface area contributed by atoms with Gasteiger partial charge in [0, 0.05) is 18.1 Å². The normalized spacial score (nSPS) is 33.6. The topological polar surface area (TPSA) is 29.3 Å². The predicted octanol–water partition coefficient (Wildman–Crippen LogP) is 2.43. The van der Waals surface area contributed by atoms with Gasteiger partial charge in [-0.2, -0.15) is 0 Å². The van der Waals surface area contributed by atoms with E-state index in [0.29, 0.717) is 6.04 Å². The van der Waals surface area contributed by atoms with Crippen molar-refractivity contribution in [3.8, 4) is 0 Å². The summed E-state index contributed by atoms with van der Waals surface area (Å²) in [6.45, 7) is 0. The summed E-state index contributed by atoms with van der Waals surface area (Å²) in [5.41, 5.74) is 7.85. The molecule has 0 aromatic heterocycles. The van der Waals surface area contributed by atoms with E-state index in [4.69, 9.17) is 5.73 Å². The van der Waals surface area contributed by atoms with Crippen LogP contribution in [0, 0.1) is 5.92 Å². The molecule has 0 amide bonds. The van der Waals surface area contributed by atoms with Gasteiger partial charge < -0.3 is 10.6 Å². The Balaban J connectivity index is 1.62. The molecule has 1 aromatic rings. The molecule has 18 heavy (non-hydrogen) atoms. The molecule has 0 radical (unpaired) electrons. The summed E-state index contributed by atoms with van der Waals surface area (Å²) >= 11 is 0. The van der Waals surface area contributed by atoms with Crippen LogP contribution in [0.25, 0.3) is 0 Å². The van der Waals surface area contributed by atoms with Gasteiger partial charge in [0.05, 0.1) is 0 Å². The van der Waals surface area contributed by atoms with E-state index in [1.165, 1.54) is 31.2 Å². The Morgan fingerprint density at radius 1 is 1.17 bits per heavy atom. The molecule has 2 aliphatic heterocycles. The zero-order valence-corrected chi connectivity index (χ0v) is 11.3. The number of hydrogen-bond donors (Lipinski definition) is 1. The van der Waals surface area contributed by atoms with E-state index < -0.39 is 0 Å². The maximum Gasteiger partial charge on any atom is 0.0109 e. The maximum atomic E-state index is 6.46. The summed E-state index contributed by atoms with van der Waals surface area (Å²) in [4.78, 5) is 2.59. The fourth-order valence-corrected chi connectivity index (χ4v) is 3.86. The first kappa shape index (κ1) is 12.2. The molecule has 0 aliphatic carbocycles. The quantitative estimate of drug-likeness (QED) is 0.885. The van der Waals surface area contributed by atoms with Crippen molar-refractivity contribution in [3.05, 3.63) is 35.9 Å². The summed E-state index contributed by atoms with van der Waals surface area (Å²) in [6.07, 6.45) is 6.42. The Kier molecular flexibility index (Phi) is 3.40. The number of nitrogens with zero attached hydrogens (tertiary/aromatic N) is 1. The molecule has 1 aromatic carbocycles. The Hall–Kier alpha value is -0.860. The number of benzene rings is 1. The Morgan fingerprint density at radius 2 is 1.78 bits per heavy atom. The van der Waals surface area contributed by atoms with Crippen molar-refractivity contribution in [2.24, 2.45) is 11.7 Å². The lowest BCUT2D eigenvalue weighted by molar-refractivity contribution is 0.120. The number of fused-ring (bicyclic) bond motifs is 2. The minimum Gasteiger partial charge on any atom is -0.327 e. The SMILES string of the molecule is CN1C2CCC1CC(C(N)Cc1ccccc1)C2. The van der Waals surface area contributed by atoms with Crippen molar-refractivity contribution in [3.63, 3.8) is 0 Å². The lowest BCUT2D eigenvalue weighted by atomic mass is 9.83. The van der Waals surface area contributed by atoms with Gasteiger partial charge in [-0.05, 0) is 50.6 Å². The van der Waals surface area contributed by atoms with E-state index in [2.05, 4.69) is 42.3 Å². The molecule has 98 valence electrons. The average molecular weight is 244 g/mol. The first-order valence-corrected chi connectivity index (χ1v) is 7.25. The molecule has 0 saturated carbocycles. The molecule has 2 heteroatoms. The van der Waals surface area contributed by atoms with Crippen molar-refractivity contribution in [1.82, 2.24) is 4.90 Å². The summed E-state index contributed by atoms with van der Waals surface area (Å²) in [5.74, 6) is 0.721. The highest BCUT2D eigenvalue weighted by atomic mass is 15.2. The molecule has 2 nitrogen and oxygen atoms in total. The molecule has 3 atom stereocenters. The number of rotatable bonds is 3. The van der Waals surface area contributed by atoms with E-state index in [1.807, 2.05) is 0 Å². The van der Waals surface area contributed by atoms with Crippen LogP contribution in [-0.2, 0) is 6.42 Å². The number of piperidine rings is 1. The molecular weight excluding hydrogens is 220 g/mol. The zero-order chi connectivity index (χ0) is 12.5. The Labute approximate surface area is 110 Å². The van der Waals surface area contributed by atoms with E-state index in [-0.39, 0.29) is 0 Å². The molecule has 2 fully saturated rings.